The number of likely N-dealkylation sites (tertiary alicyclic amines) is 1. The summed E-state index contributed by atoms with van der Waals surface area (Å²) in [5.74, 6) is -0.434. The zero-order valence-electron chi connectivity index (χ0n) is 24.8. The highest BCUT2D eigenvalue weighted by molar-refractivity contribution is 5.95. The standard InChI is InChI=1S/C28H40N8O6/c1-18-10-14-35(22(37)9-12-29)16-21(18)34(5)23-19-11-15-36(24(19)32-17-31-23)26(40)30-13-7-6-8-20(25(38)39)33-27(41)42-28(2,3)4/h11,15,17-18,20-21H,6-10,13-14,16H2,1-5H3,(H,30,40)(H,33,41)(H,38,39)/t18-,20+,21+/m1/s1. The van der Waals surface area contributed by atoms with Crippen LogP contribution in [0.2, 0.25) is 0 Å². The Morgan fingerprint density at radius 3 is 2.67 bits per heavy atom. The molecule has 3 N–H and O–H groups in total. The summed E-state index contributed by atoms with van der Waals surface area (Å²) in [6.07, 6.45) is 3.99. The Kier molecular flexibility index (Phi) is 10.7. The monoisotopic (exact) mass is 584 g/mol. The Hall–Kier alpha value is -4.41. The van der Waals surface area contributed by atoms with Crippen molar-refractivity contribution in [1.82, 2.24) is 30.1 Å². The summed E-state index contributed by atoms with van der Waals surface area (Å²) in [7, 11) is 1.90. The van der Waals surface area contributed by atoms with Gasteiger partial charge in [0.15, 0.2) is 5.65 Å². The Labute approximate surface area is 245 Å². The molecule has 2 aromatic heterocycles. The lowest BCUT2D eigenvalue weighted by Crippen LogP contribution is -2.52. The van der Waals surface area contributed by atoms with E-state index in [0.717, 1.165) is 6.42 Å². The second-order valence-corrected chi connectivity index (χ2v) is 11.5. The average Bonchev–Trinajstić information content (AvgIpc) is 3.35. The third-order valence-corrected chi connectivity index (χ3v) is 7.20. The van der Waals surface area contributed by atoms with Crippen LogP contribution in [0.25, 0.3) is 11.0 Å². The molecule has 0 aromatic carbocycles. The van der Waals surface area contributed by atoms with Gasteiger partial charge in [0, 0.05) is 32.9 Å². The zero-order valence-corrected chi connectivity index (χ0v) is 24.8. The minimum atomic E-state index is -1.16. The second-order valence-electron chi connectivity index (χ2n) is 11.5. The number of ether oxygens (including phenoxy) is 1. The number of nitriles is 1. The van der Waals surface area contributed by atoms with Crippen LogP contribution in [-0.4, -0.2) is 92.9 Å². The van der Waals surface area contributed by atoms with E-state index < -0.39 is 29.7 Å². The number of alkyl carbamates (subject to hydrolysis) is 1. The fourth-order valence-corrected chi connectivity index (χ4v) is 4.96. The molecular formula is C28H40N8O6. The molecule has 0 bridgehead atoms. The minimum absolute atomic E-state index is 0.0314. The van der Waals surface area contributed by atoms with E-state index >= 15 is 0 Å². The van der Waals surface area contributed by atoms with E-state index in [-0.39, 0.29) is 30.7 Å². The van der Waals surface area contributed by atoms with Gasteiger partial charge in [-0.05, 0) is 58.4 Å². The predicted octanol–water partition coefficient (Wildman–Crippen LogP) is 2.72. The van der Waals surface area contributed by atoms with Gasteiger partial charge in [0.2, 0.25) is 5.91 Å². The zero-order chi connectivity index (χ0) is 31.0. The molecule has 1 saturated heterocycles. The largest absolute Gasteiger partial charge is 0.480 e. The highest BCUT2D eigenvalue weighted by Crippen LogP contribution is 2.29. The Morgan fingerprint density at radius 1 is 1.26 bits per heavy atom. The molecule has 3 rings (SSSR count). The van der Waals surface area contributed by atoms with Crippen molar-refractivity contribution in [3.8, 4) is 6.07 Å². The molecule has 42 heavy (non-hydrogen) atoms. The number of amides is 3. The molecule has 1 aliphatic rings. The molecular weight excluding hydrogens is 544 g/mol. The number of rotatable bonds is 10. The number of hydrogen-bond acceptors (Lipinski definition) is 9. The van der Waals surface area contributed by atoms with Crippen molar-refractivity contribution in [2.75, 3.05) is 31.6 Å². The number of likely N-dealkylation sites (N-methyl/N-ethyl adjacent to an activating group) is 1. The number of aliphatic carboxylic acids is 1. The summed E-state index contributed by atoms with van der Waals surface area (Å²) in [5.41, 5.74) is -0.312. The van der Waals surface area contributed by atoms with Crippen LogP contribution in [0.3, 0.4) is 0 Å². The summed E-state index contributed by atoms with van der Waals surface area (Å²) in [5, 5.41) is 24.2. The summed E-state index contributed by atoms with van der Waals surface area (Å²) in [6, 6.07) is 2.17. The fraction of sp³-hybridized carbons (Fsp3) is 0.607. The summed E-state index contributed by atoms with van der Waals surface area (Å²) in [4.78, 5) is 61.3. The Balaban J connectivity index is 1.59. The van der Waals surface area contributed by atoms with Crippen LogP contribution in [0.1, 0.15) is 59.8 Å². The number of carbonyl (C=O) groups excluding carboxylic acids is 3. The highest BCUT2D eigenvalue weighted by Gasteiger charge is 2.33. The van der Waals surface area contributed by atoms with Crippen LogP contribution in [0, 0.1) is 17.2 Å². The second kappa shape index (κ2) is 14.0. The van der Waals surface area contributed by atoms with E-state index in [1.165, 1.54) is 10.9 Å². The molecule has 2 aromatic rings. The smallest absolute Gasteiger partial charge is 0.408 e. The first-order valence-corrected chi connectivity index (χ1v) is 14.0. The number of carboxylic acid groups (broad SMARTS) is 1. The number of anilines is 1. The third kappa shape index (κ3) is 8.31. The number of carboxylic acids is 1. The van der Waals surface area contributed by atoms with Gasteiger partial charge in [-0.2, -0.15) is 5.26 Å². The summed E-state index contributed by atoms with van der Waals surface area (Å²) >= 11 is 0. The molecule has 0 unspecified atom stereocenters. The van der Waals surface area contributed by atoms with Crippen LogP contribution < -0.4 is 15.5 Å². The van der Waals surface area contributed by atoms with E-state index in [2.05, 4.69) is 27.5 Å². The molecule has 1 aliphatic heterocycles. The van der Waals surface area contributed by atoms with Crippen LogP contribution >= 0.6 is 0 Å². The number of nitrogens with one attached hydrogen (secondary N) is 2. The highest BCUT2D eigenvalue weighted by atomic mass is 16.6. The van der Waals surface area contributed by atoms with Crippen molar-refractivity contribution in [2.24, 2.45) is 5.92 Å². The van der Waals surface area contributed by atoms with Crippen molar-refractivity contribution in [3.05, 3.63) is 18.6 Å². The molecule has 3 atom stereocenters. The summed E-state index contributed by atoms with van der Waals surface area (Å²) in [6.45, 7) is 8.57. The first-order chi connectivity index (χ1) is 19.8. The SMILES string of the molecule is C[C@@H]1CCN(C(=O)CC#N)C[C@@H]1N(C)c1ncnc2c1ccn2C(=O)NCCCC[C@H](NC(=O)OC(C)(C)C)C(=O)O. The van der Waals surface area contributed by atoms with E-state index in [4.69, 9.17) is 10.00 Å². The number of piperidine rings is 1. The van der Waals surface area contributed by atoms with Crippen molar-refractivity contribution in [1.29, 1.82) is 5.26 Å². The number of hydrogen-bond donors (Lipinski definition) is 3. The van der Waals surface area contributed by atoms with Gasteiger partial charge in [-0.25, -0.2) is 24.4 Å². The fourth-order valence-electron chi connectivity index (χ4n) is 4.96. The lowest BCUT2D eigenvalue weighted by atomic mass is 9.92. The van der Waals surface area contributed by atoms with Crippen LogP contribution in [0.5, 0.6) is 0 Å². The molecule has 1 fully saturated rings. The lowest BCUT2D eigenvalue weighted by molar-refractivity contribution is -0.139. The van der Waals surface area contributed by atoms with Crippen LogP contribution in [0.15, 0.2) is 18.6 Å². The van der Waals surface area contributed by atoms with Crippen LogP contribution in [-0.2, 0) is 14.3 Å². The maximum absolute atomic E-state index is 13.0. The van der Waals surface area contributed by atoms with Crippen molar-refractivity contribution < 1.29 is 29.0 Å². The van der Waals surface area contributed by atoms with Gasteiger partial charge in [0.05, 0.1) is 17.5 Å². The van der Waals surface area contributed by atoms with Gasteiger partial charge < -0.3 is 30.3 Å². The molecule has 0 saturated carbocycles. The number of carbonyl (C=O) groups is 4. The van der Waals surface area contributed by atoms with Crippen molar-refractivity contribution in [2.45, 2.75) is 77.5 Å². The molecule has 0 aliphatic carbocycles. The first kappa shape index (κ1) is 32.1. The maximum Gasteiger partial charge on any atom is 0.408 e. The molecule has 0 radical (unpaired) electrons. The van der Waals surface area contributed by atoms with Gasteiger partial charge in [-0.1, -0.05) is 6.92 Å². The number of nitrogens with zero attached hydrogens (tertiary/aromatic N) is 6. The molecule has 14 heteroatoms. The molecule has 3 heterocycles. The Bertz CT molecular complexity index is 1330. The third-order valence-electron chi connectivity index (χ3n) is 7.20. The topological polar surface area (TPSA) is 183 Å². The van der Waals surface area contributed by atoms with E-state index in [1.807, 2.05) is 18.0 Å². The van der Waals surface area contributed by atoms with E-state index in [9.17, 15) is 24.3 Å². The average molecular weight is 585 g/mol. The normalized spacial score (nSPS) is 17.7. The number of unbranched alkanes of at least 4 members (excludes halogenated alkanes) is 1. The van der Waals surface area contributed by atoms with E-state index in [1.54, 1.807) is 37.9 Å². The van der Waals surface area contributed by atoms with Crippen molar-refractivity contribution >= 4 is 40.9 Å². The predicted molar refractivity (Wildman–Crippen MR) is 154 cm³/mol. The minimum Gasteiger partial charge on any atom is -0.480 e. The maximum atomic E-state index is 13.0. The summed E-state index contributed by atoms with van der Waals surface area (Å²) < 4.78 is 6.52. The van der Waals surface area contributed by atoms with E-state index in [0.29, 0.717) is 49.3 Å². The molecule has 14 nitrogen and oxygen atoms in total. The molecule has 3 amide bonds. The first-order valence-electron chi connectivity index (χ1n) is 14.0. The molecule has 0 spiro atoms. The number of fused-ring (bicyclic) bond motifs is 1. The number of aromatic nitrogens is 3. The van der Waals surface area contributed by atoms with Gasteiger partial charge in [-0.15, -0.1) is 0 Å². The van der Waals surface area contributed by atoms with Crippen molar-refractivity contribution in [3.63, 3.8) is 0 Å². The van der Waals surface area contributed by atoms with Gasteiger partial charge in [-0.3, -0.25) is 9.36 Å². The van der Waals surface area contributed by atoms with Crippen LogP contribution in [0.4, 0.5) is 15.4 Å². The Morgan fingerprint density at radius 2 is 2.00 bits per heavy atom. The van der Waals surface area contributed by atoms with Gasteiger partial charge in [0.1, 0.15) is 30.2 Å². The van der Waals surface area contributed by atoms with Gasteiger partial charge >= 0.3 is 18.1 Å². The molecule has 228 valence electrons. The quantitative estimate of drug-likeness (QED) is 0.351. The lowest BCUT2D eigenvalue weighted by Gasteiger charge is -2.42. The van der Waals surface area contributed by atoms with Gasteiger partial charge in [0.25, 0.3) is 0 Å².